The summed E-state index contributed by atoms with van der Waals surface area (Å²) < 4.78 is 5.83. The van der Waals surface area contributed by atoms with Gasteiger partial charge in [0.1, 0.15) is 5.75 Å². The highest BCUT2D eigenvalue weighted by molar-refractivity contribution is 5.94. The van der Waals surface area contributed by atoms with Gasteiger partial charge in [-0.1, -0.05) is 36.4 Å². The predicted octanol–water partition coefficient (Wildman–Crippen LogP) is 3.64. The molecule has 0 radical (unpaired) electrons. The van der Waals surface area contributed by atoms with Crippen LogP contribution in [-0.4, -0.2) is 17.0 Å². The molecule has 1 amide bonds. The van der Waals surface area contributed by atoms with Gasteiger partial charge < -0.3 is 10.1 Å². The average Bonchev–Trinajstić information content (AvgIpc) is 2.56. The number of rotatable bonds is 4. The second-order valence-electron chi connectivity index (χ2n) is 4.97. The van der Waals surface area contributed by atoms with Crippen LogP contribution < -0.4 is 10.1 Å². The zero-order chi connectivity index (χ0) is 15.4. The second kappa shape index (κ2) is 6.26. The molecule has 0 aliphatic carbocycles. The molecule has 1 N–H and O–H groups in total. The third-order valence-corrected chi connectivity index (χ3v) is 3.35. The number of hydrogen-bond donors (Lipinski definition) is 1. The fourth-order valence-corrected chi connectivity index (χ4v) is 2.22. The van der Waals surface area contributed by atoms with Crippen molar-refractivity contribution in [2.24, 2.45) is 0 Å². The van der Waals surface area contributed by atoms with E-state index in [1.807, 2.05) is 42.5 Å². The van der Waals surface area contributed by atoms with Crippen molar-refractivity contribution in [2.75, 3.05) is 5.32 Å². The van der Waals surface area contributed by atoms with Crippen LogP contribution in [0.2, 0.25) is 0 Å². The Kier molecular flexibility index (Phi) is 4.01. The lowest BCUT2D eigenvalue weighted by molar-refractivity contribution is -0.122. The van der Waals surface area contributed by atoms with Gasteiger partial charge in [-0.05, 0) is 30.5 Å². The Morgan fingerprint density at radius 1 is 1.09 bits per heavy atom. The van der Waals surface area contributed by atoms with Gasteiger partial charge in [-0.25, -0.2) is 0 Å². The van der Waals surface area contributed by atoms with E-state index in [4.69, 9.17) is 4.74 Å². The number of carbonyl (C=O) groups excluding carboxylic acids is 1. The van der Waals surface area contributed by atoms with E-state index in [2.05, 4.69) is 10.3 Å². The number of amides is 1. The summed E-state index contributed by atoms with van der Waals surface area (Å²) in [6, 6.07) is 17.3. The maximum atomic E-state index is 12.2. The van der Waals surface area contributed by atoms with Gasteiger partial charge in [0.05, 0.1) is 11.9 Å². The SMILES string of the molecule is CC(Oc1cccc2ccccc12)C(=O)Nc1cccnc1. The molecule has 0 spiro atoms. The number of hydrogen-bond acceptors (Lipinski definition) is 3. The first kappa shape index (κ1) is 14.1. The average molecular weight is 292 g/mol. The van der Waals surface area contributed by atoms with Crippen molar-refractivity contribution in [1.29, 1.82) is 0 Å². The molecule has 1 heterocycles. The molecule has 0 bridgehead atoms. The van der Waals surface area contributed by atoms with Crippen LogP contribution in [0.4, 0.5) is 5.69 Å². The fraction of sp³-hybridized carbons (Fsp3) is 0.111. The Labute approximate surface area is 128 Å². The zero-order valence-electron chi connectivity index (χ0n) is 12.2. The van der Waals surface area contributed by atoms with Gasteiger partial charge in [-0.15, -0.1) is 0 Å². The molecule has 2 aromatic carbocycles. The van der Waals surface area contributed by atoms with Crippen molar-refractivity contribution in [3.63, 3.8) is 0 Å². The molecular weight excluding hydrogens is 276 g/mol. The Morgan fingerprint density at radius 3 is 2.73 bits per heavy atom. The fourth-order valence-electron chi connectivity index (χ4n) is 2.22. The molecule has 4 heteroatoms. The van der Waals surface area contributed by atoms with E-state index in [0.29, 0.717) is 11.4 Å². The first-order chi connectivity index (χ1) is 10.7. The molecular formula is C18H16N2O2. The Morgan fingerprint density at radius 2 is 1.91 bits per heavy atom. The molecule has 0 fully saturated rings. The van der Waals surface area contributed by atoms with Gasteiger partial charge in [-0.2, -0.15) is 0 Å². The highest BCUT2D eigenvalue weighted by Crippen LogP contribution is 2.26. The van der Waals surface area contributed by atoms with Gasteiger partial charge in [0.25, 0.3) is 5.91 Å². The number of nitrogens with zero attached hydrogens (tertiary/aromatic N) is 1. The van der Waals surface area contributed by atoms with E-state index in [1.54, 1.807) is 31.5 Å². The summed E-state index contributed by atoms with van der Waals surface area (Å²) in [5, 5.41) is 4.86. The Hall–Kier alpha value is -2.88. The monoisotopic (exact) mass is 292 g/mol. The lowest BCUT2D eigenvalue weighted by atomic mass is 10.1. The Bertz CT molecular complexity index is 782. The summed E-state index contributed by atoms with van der Waals surface area (Å²) in [4.78, 5) is 16.2. The van der Waals surface area contributed by atoms with Crippen molar-refractivity contribution in [3.05, 3.63) is 67.0 Å². The third-order valence-electron chi connectivity index (χ3n) is 3.35. The number of ether oxygens (including phenoxy) is 1. The number of pyridine rings is 1. The smallest absolute Gasteiger partial charge is 0.265 e. The second-order valence-corrected chi connectivity index (χ2v) is 4.97. The highest BCUT2D eigenvalue weighted by Gasteiger charge is 2.16. The number of aromatic nitrogens is 1. The third kappa shape index (κ3) is 3.06. The van der Waals surface area contributed by atoms with Crippen LogP contribution in [0.25, 0.3) is 10.8 Å². The lowest BCUT2D eigenvalue weighted by Gasteiger charge is -2.16. The quantitative estimate of drug-likeness (QED) is 0.798. The summed E-state index contributed by atoms with van der Waals surface area (Å²) in [6.45, 7) is 1.73. The van der Waals surface area contributed by atoms with E-state index in [-0.39, 0.29) is 5.91 Å². The first-order valence-electron chi connectivity index (χ1n) is 7.09. The van der Waals surface area contributed by atoms with Crippen molar-refractivity contribution in [1.82, 2.24) is 4.98 Å². The van der Waals surface area contributed by atoms with Gasteiger partial charge in [-0.3, -0.25) is 9.78 Å². The molecule has 3 aromatic rings. The minimum absolute atomic E-state index is 0.207. The van der Waals surface area contributed by atoms with Crippen LogP contribution >= 0.6 is 0 Å². The molecule has 0 aliphatic heterocycles. The van der Waals surface area contributed by atoms with E-state index < -0.39 is 6.10 Å². The lowest BCUT2D eigenvalue weighted by Crippen LogP contribution is -2.30. The number of carbonyl (C=O) groups is 1. The van der Waals surface area contributed by atoms with Crippen molar-refractivity contribution in [2.45, 2.75) is 13.0 Å². The molecule has 4 nitrogen and oxygen atoms in total. The van der Waals surface area contributed by atoms with Crippen LogP contribution in [0.1, 0.15) is 6.92 Å². The largest absolute Gasteiger partial charge is 0.480 e. The Balaban J connectivity index is 1.75. The first-order valence-corrected chi connectivity index (χ1v) is 7.09. The number of anilines is 1. The van der Waals surface area contributed by atoms with Gasteiger partial charge >= 0.3 is 0 Å². The topological polar surface area (TPSA) is 51.2 Å². The van der Waals surface area contributed by atoms with Gasteiger partial charge in [0.15, 0.2) is 6.10 Å². The summed E-state index contributed by atoms with van der Waals surface area (Å²) in [6.07, 6.45) is 2.65. The molecule has 1 unspecified atom stereocenters. The number of benzene rings is 2. The van der Waals surface area contributed by atoms with Crippen molar-refractivity contribution < 1.29 is 9.53 Å². The van der Waals surface area contributed by atoms with Crippen molar-refractivity contribution in [3.8, 4) is 5.75 Å². The standard InChI is InChI=1S/C18H16N2O2/c1-13(18(21)20-15-8-5-11-19-12-15)22-17-10-4-7-14-6-2-3-9-16(14)17/h2-13H,1H3,(H,20,21). The van der Waals surface area contributed by atoms with Crippen LogP contribution in [0.5, 0.6) is 5.75 Å². The highest BCUT2D eigenvalue weighted by atomic mass is 16.5. The summed E-state index contributed by atoms with van der Waals surface area (Å²) in [5.41, 5.74) is 0.654. The van der Waals surface area contributed by atoms with E-state index in [1.165, 1.54) is 0 Å². The molecule has 1 aromatic heterocycles. The summed E-state index contributed by atoms with van der Waals surface area (Å²) in [5.74, 6) is 0.493. The normalized spacial score (nSPS) is 11.9. The van der Waals surface area contributed by atoms with Crippen LogP contribution in [0.3, 0.4) is 0 Å². The predicted molar refractivity (Wildman–Crippen MR) is 86.9 cm³/mol. The maximum absolute atomic E-state index is 12.2. The van der Waals surface area contributed by atoms with E-state index >= 15 is 0 Å². The van der Waals surface area contributed by atoms with Gasteiger partial charge in [0, 0.05) is 11.6 Å². The van der Waals surface area contributed by atoms with E-state index in [9.17, 15) is 4.79 Å². The van der Waals surface area contributed by atoms with E-state index in [0.717, 1.165) is 10.8 Å². The molecule has 110 valence electrons. The summed E-state index contributed by atoms with van der Waals surface area (Å²) >= 11 is 0. The van der Waals surface area contributed by atoms with Crippen LogP contribution in [0, 0.1) is 0 Å². The molecule has 0 saturated heterocycles. The van der Waals surface area contributed by atoms with Crippen LogP contribution in [0.15, 0.2) is 67.0 Å². The van der Waals surface area contributed by atoms with Crippen molar-refractivity contribution >= 4 is 22.4 Å². The molecule has 22 heavy (non-hydrogen) atoms. The molecule has 0 aliphatic rings. The molecule has 1 atom stereocenters. The van der Waals surface area contributed by atoms with Crippen LogP contribution in [-0.2, 0) is 4.79 Å². The summed E-state index contributed by atoms with van der Waals surface area (Å²) in [7, 11) is 0. The minimum Gasteiger partial charge on any atom is -0.480 e. The number of fused-ring (bicyclic) bond motifs is 1. The number of nitrogens with one attached hydrogen (secondary N) is 1. The maximum Gasteiger partial charge on any atom is 0.265 e. The zero-order valence-corrected chi connectivity index (χ0v) is 12.2. The van der Waals surface area contributed by atoms with Gasteiger partial charge in [0.2, 0.25) is 0 Å². The molecule has 3 rings (SSSR count). The molecule has 0 saturated carbocycles. The minimum atomic E-state index is -0.606.